The molecule has 5 nitrogen and oxygen atoms in total. The molecule has 1 heterocycles. The van der Waals surface area contributed by atoms with E-state index in [2.05, 4.69) is 5.10 Å². The van der Waals surface area contributed by atoms with Gasteiger partial charge in [-0.3, -0.25) is 14.8 Å². The molecule has 2 rings (SSSR count). The van der Waals surface area contributed by atoms with Gasteiger partial charge in [-0.1, -0.05) is 12.1 Å². The summed E-state index contributed by atoms with van der Waals surface area (Å²) in [5.41, 5.74) is 3.86. The highest BCUT2D eigenvalue weighted by Gasteiger charge is 2.12. The second kappa shape index (κ2) is 5.40. The first-order valence-corrected chi connectivity index (χ1v) is 6.38. The average Bonchev–Trinajstić information content (AvgIpc) is 2.64. The highest BCUT2D eigenvalue weighted by atomic mass is 35.5. The van der Waals surface area contributed by atoms with Gasteiger partial charge >= 0.3 is 0 Å². The van der Waals surface area contributed by atoms with Crippen LogP contribution >= 0.6 is 11.6 Å². The van der Waals surface area contributed by atoms with E-state index in [1.54, 1.807) is 12.1 Å². The van der Waals surface area contributed by atoms with Crippen molar-refractivity contribution in [1.82, 2.24) is 9.78 Å². The molecule has 2 aromatic rings. The van der Waals surface area contributed by atoms with Crippen LogP contribution in [-0.4, -0.2) is 14.7 Å². The average molecular weight is 280 g/mol. The normalized spacial score (nSPS) is 10.7. The first-order valence-electron chi connectivity index (χ1n) is 5.85. The van der Waals surface area contributed by atoms with E-state index in [1.165, 1.54) is 6.07 Å². The molecule has 0 unspecified atom stereocenters. The number of halogens is 1. The van der Waals surface area contributed by atoms with Crippen molar-refractivity contribution in [2.24, 2.45) is 0 Å². The van der Waals surface area contributed by atoms with E-state index >= 15 is 0 Å². The Labute approximate surface area is 116 Å². The lowest BCUT2D eigenvalue weighted by molar-refractivity contribution is -0.384. The van der Waals surface area contributed by atoms with Gasteiger partial charge in [0.25, 0.3) is 5.69 Å². The predicted octanol–water partition coefficient (Wildman–Crippen LogP) is 3.20. The summed E-state index contributed by atoms with van der Waals surface area (Å²) in [7, 11) is 0. The number of aromatic nitrogens is 2. The number of benzene rings is 1. The third kappa shape index (κ3) is 2.76. The van der Waals surface area contributed by atoms with Gasteiger partial charge in [-0.15, -0.1) is 11.6 Å². The maximum absolute atomic E-state index is 10.7. The molecule has 100 valence electrons. The minimum absolute atomic E-state index is 0.0941. The van der Waals surface area contributed by atoms with Gasteiger partial charge in [0.1, 0.15) is 0 Å². The molecule has 19 heavy (non-hydrogen) atoms. The second-order valence-electron chi connectivity index (χ2n) is 4.37. The SMILES string of the molecule is Cc1nn(Cc2cccc([N+](=O)[O-])c2)c(C)c1CCl. The number of nitro benzene ring substituents is 1. The summed E-state index contributed by atoms with van der Waals surface area (Å²) >= 11 is 5.88. The fraction of sp³-hybridized carbons (Fsp3) is 0.308. The fourth-order valence-electron chi connectivity index (χ4n) is 2.02. The Hall–Kier alpha value is -1.88. The fourth-order valence-corrected chi connectivity index (χ4v) is 2.41. The molecule has 0 N–H and O–H groups in total. The van der Waals surface area contributed by atoms with Crippen LogP contribution in [0.15, 0.2) is 24.3 Å². The van der Waals surface area contributed by atoms with Crippen molar-refractivity contribution in [2.45, 2.75) is 26.3 Å². The Kier molecular flexibility index (Phi) is 3.85. The molecule has 0 aliphatic rings. The van der Waals surface area contributed by atoms with Crippen LogP contribution in [0.5, 0.6) is 0 Å². The minimum atomic E-state index is -0.394. The molecular weight excluding hydrogens is 266 g/mol. The van der Waals surface area contributed by atoms with Crippen molar-refractivity contribution in [3.63, 3.8) is 0 Å². The second-order valence-corrected chi connectivity index (χ2v) is 4.63. The minimum Gasteiger partial charge on any atom is -0.265 e. The maximum atomic E-state index is 10.7. The first kappa shape index (κ1) is 13.5. The van der Waals surface area contributed by atoms with Crippen molar-refractivity contribution in [3.05, 3.63) is 56.9 Å². The standard InChI is InChI=1S/C13H14ClN3O2/c1-9-13(7-14)10(2)16(15-9)8-11-4-3-5-12(6-11)17(18)19/h3-6H,7-8H2,1-2H3. The van der Waals surface area contributed by atoms with Gasteiger partial charge in [0.05, 0.1) is 23.0 Å². The third-order valence-electron chi connectivity index (χ3n) is 3.12. The van der Waals surface area contributed by atoms with E-state index in [-0.39, 0.29) is 5.69 Å². The number of hydrogen-bond donors (Lipinski definition) is 0. The van der Waals surface area contributed by atoms with Crippen LogP contribution in [0, 0.1) is 24.0 Å². The quantitative estimate of drug-likeness (QED) is 0.490. The van der Waals surface area contributed by atoms with Crippen LogP contribution in [0.1, 0.15) is 22.5 Å². The summed E-state index contributed by atoms with van der Waals surface area (Å²) in [4.78, 5) is 10.3. The highest BCUT2D eigenvalue weighted by molar-refractivity contribution is 6.17. The van der Waals surface area contributed by atoms with Gasteiger partial charge in [0.2, 0.25) is 0 Å². The van der Waals surface area contributed by atoms with E-state index < -0.39 is 4.92 Å². The Morgan fingerprint density at radius 3 is 2.74 bits per heavy atom. The largest absolute Gasteiger partial charge is 0.269 e. The molecule has 0 fully saturated rings. The van der Waals surface area contributed by atoms with Crippen molar-refractivity contribution < 1.29 is 4.92 Å². The lowest BCUT2D eigenvalue weighted by Gasteiger charge is -2.05. The summed E-state index contributed by atoms with van der Waals surface area (Å²) in [6.45, 7) is 4.37. The zero-order chi connectivity index (χ0) is 14.0. The number of nitro groups is 1. The molecule has 0 spiro atoms. The van der Waals surface area contributed by atoms with Crippen LogP contribution < -0.4 is 0 Å². The molecule has 1 aromatic heterocycles. The summed E-state index contributed by atoms with van der Waals surface area (Å²) in [5.74, 6) is 0.423. The van der Waals surface area contributed by atoms with Gasteiger partial charge in [0, 0.05) is 23.4 Å². The van der Waals surface area contributed by atoms with Crippen LogP contribution in [0.2, 0.25) is 0 Å². The molecule has 6 heteroatoms. The number of hydrogen-bond acceptors (Lipinski definition) is 3. The van der Waals surface area contributed by atoms with Crippen molar-refractivity contribution in [2.75, 3.05) is 0 Å². The van der Waals surface area contributed by atoms with Crippen molar-refractivity contribution in [1.29, 1.82) is 0 Å². The Morgan fingerprint density at radius 1 is 1.42 bits per heavy atom. The number of alkyl halides is 1. The molecule has 0 aliphatic carbocycles. The number of rotatable bonds is 4. The van der Waals surface area contributed by atoms with Gasteiger partial charge < -0.3 is 0 Å². The van der Waals surface area contributed by atoms with Crippen molar-refractivity contribution in [3.8, 4) is 0 Å². The molecule has 0 aliphatic heterocycles. The lowest BCUT2D eigenvalue weighted by Crippen LogP contribution is -2.04. The van der Waals surface area contributed by atoms with Gasteiger partial charge in [-0.2, -0.15) is 5.10 Å². The molecule has 0 radical (unpaired) electrons. The molecular formula is C13H14ClN3O2. The van der Waals surface area contributed by atoms with Crippen LogP contribution in [0.4, 0.5) is 5.69 Å². The van der Waals surface area contributed by atoms with E-state index in [0.717, 1.165) is 22.5 Å². The summed E-state index contributed by atoms with van der Waals surface area (Å²) in [6.07, 6.45) is 0. The topological polar surface area (TPSA) is 61.0 Å². The Morgan fingerprint density at radius 2 is 2.16 bits per heavy atom. The molecule has 0 atom stereocenters. The maximum Gasteiger partial charge on any atom is 0.269 e. The van der Waals surface area contributed by atoms with Crippen molar-refractivity contribution >= 4 is 17.3 Å². The van der Waals surface area contributed by atoms with E-state index in [4.69, 9.17) is 11.6 Å². The monoisotopic (exact) mass is 279 g/mol. The van der Waals surface area contributed by atoms with Gasteiger partial charge in [-0.05, 0) is 19.4 Å². The zero-order valence-corrected chi connectivity index (χ0v) is 11.5. The lowest BCUT2D eigenvalue weighted by atomic mass is 10.2. The van der Waals surface area contributed by atoms with E-state index in [9.17, 15) is 10.1 Å². The van der Waals surface area contributed by atoms with Crippen LogP contribution in [-0.2, 0) is 12.4 Å². The smallest absolute Gasteiger partial charge is 0.265 e. The molecule has 0 saturated carbocycles. The van der Waals surface area contributed by atoms with Crippen LogP contribution in [0.3, 0.4) is 0 Å². The number of non-ortho nitro benzene ring substituents is 1. The zero-order valence-electron chi connectivity index (χ0n) is 10.8. The summed E-state index contributed by atoms with van der Waals surface area (Å²) < 4.78 is 1.83. The highest BCUT2D eigenvalue weighted by Crippen LogP contribution is 2.18. The molecule has 0 saturated heterocycles. The molecule has 0 bridgehead atoms. The first-order chi connectivity index (χ1) is 9.02. The Balaban J connectivity index is 2.31. The molecule has 1 aromatic carbocycles. The summed E-state index contributed by atoms with van der Waals surface area (Å²) in [6, 6.07) is 6.58. The van der Waals surface area contributed by atoms with Gasteiger partial charge in [0.15, 0.2) is 0 Å². The predicted molar refractivity (Wildman–Crippen MR) is 73.5 cm³/mol. The number of aryl methyl sites for hydroxylation is 1. The van der Waals surface area contributed by atoms with Crippen LogP contribution in [0.25, 0.3) is 0 Å². The van der Waals surface area contributed by atoms with Gasteiger partial charge in [-0.25, -0.2) is 0 Å². The molecule has 0 amide bonds. The Bertz CT molecular complexity index is 622. The number of nitrogens with zero attached hydrogens (tertiary/aromatic N) is 3. The van der Waals surface area contributed by atoms with E-state index in [0.29, 0.717) is 12.4 Å². The summed E-state index contributed by atoms with van der Waals surface area (Å²) in [5, 5.41) is 15.2. The third-order valence-corrected chi connectivity index (χ3v) is 3.39. The van der Waals surface area contributed by atoms with E-state index in [1.807, 2.05) is 24.6 Å².